The molecule has 62 valence electrons. The smallest absolute Gasteiger partial charge is 0.0227 e. The summed E-state index contributed by atoms with van der Waals surface area (Å²) in [6.45, 7) is 3.36. The first-order valence-corrected chi connectivity index (χ1v) is 3.84. The minimum atomic E-state index is 0.978. The Bertz CT molecular complexity index is 379. The van der Waals surface area contributed by atoms with Crippen molar-refractivity contribution in [1.29, 1.82) is 0 Å². The maximum atomic E-state index is 3.36. The highest BCUT2D eigenvalue weighted by atomic mass is 13.8. The van der Waals surface area contributed by atoms with Crippen LogP contribution in [0.3, 0.4) is 0 Å². The monoisotopic (exact) mass is 164 g/mol. The van der Waals surface area contributed by atoms with Gasteiger partial charge in [-0.3, -0.25) is 18.7 Å². The molecular formula is C13H8-2. The predicted octanol–water partition coefficient (Wildman–Crippen LogP) is 2.54. The van der Waals surface area contributed by atoms with E-state index in [9.17, 15) is 0 Å². The molecule has 0 radical (unpaired) electrons. The quantitative estimate of drug-likeness (QED) is 0.259. The summed E-state index contributed by atoms with van der Waals surface area (Å²) in [5.74, 6) is 5.67. The van der Waals surface area contributed by atoms with Crippen LogP contribution in [0.1, 0.15) is 5.56 Å². The van der Waals surface area contributed by atoms with E-state index in [4.69, 9.17) is 0 Å². The van der Waals surface area contributed by atoms with Crippen molar-refractivity contribution in [3.8, 4) is 11.8 Å². The number of rotatable bonds is 1. The van der Waals surface area contributed by atoms with Crippen molar-refractivity contribution >= 4 is 0 Å². The van der Waals surface area contributed by atoms with E-state index in [0.29, 0.717) is 0 Å². The van der Waals surface area contributed by atoms with Gasteiger partial charge in [-0.25, -0.2) is 5.92 Å². The summed E-state index contributed by atoms with van der Waals surface area (Å²) in [6, 6.07) is 9.75. The molecule has 0 saturated carbocycles. The van der Waals surface area contributed by atoms with Crippen LogP contribution < -0.4 is 0 Å². The highest BCUT2D eigenvalue weighted by Gasteiger charge is 1.76. The van der Waals surface area contributed by atoms with Gasteiger partial charge in [0.25, 0.3) is 0 Å². The Balaban J connectivity index is 2.63. The summed E-state index contributed by atoms with van der Waals surface area (Å²) in [6.07, 6.45) is 6.93. The van der Waals surface area contributed by atoms with E-state index in [-0.39, 0.29) is 0 Å². The molecule has 0 aliphatic heterocycles. The zero-order valence-electron chi connectivity index (χ0n) is 7.17. The van der Waals surface area contributed by atoms with E-state index in [1.807, 2.05) is 30.3 Å². The third kappa shape index (κ3) is 3.82. The number of benzene rings is 1. The number of allylic oxidation sites excluding steroid dienone is 3. The van der Waals surface area contributed by atoms with E-state index in [1.54, 1.807) is 6.08 Å². The summed E-state index contributed by atoms with van der Waals surface area (Å²) in [5.41, 5.74) is 3.46. The Morgan fingerprint density at radius 1 is 1.23 bits per heavy atom. The van der Waals surface area contributed by atoms with Crippen molar-refractivity contribution in [2.45, 2.75) is 0 Å². The fraction of sp³-hybridized carbons (Fsp3) is 0. The fourth-order valence-electron chi connectivity index (χ4n) is 0.753. The van der Waals surface area contributed by atoms with Gasteiger partial charge in [0.2, 0.25) is 0 Å². The number of hydrogen-bond acceptors (Lipinski definition) is 0. The highest BCUT2D eigenvalue weighted by Crippen LogP contribution is 1.94. The van der Waals surface area contributed by atoms with Gasteiger partial charge in [0.15, 0.2) is 0 Å². The lowest BCUT2D eigenvalue weighted by atomic mass is 10.2. The van der Waals surface area contributed by atoms with Crippen LogP contribution in [-0.4, -0.2) is 0 Å². The number of hydrogen-bond donors (Lipinski definition) is 0. The minimum Gasteiger partial charge on any atom is -0.405 e. The zero-order valence-corrected chi connectivity index (χ0v) is 7.17. The molecule has 1 aromatic carbocycles. The Hall–Kier alpha value is -1.96. The molecule has 0 unspecified atom stereocenters. The molecule has 0 bridgehead atoms. The molecule has 0 aliphatic carbocycles. The Morgan fingerprint density at radius 2 is 2.00 bits per heavy atom. The van der Waals surface area contributed by atoms with Crippen LogP contribution in [0.2, 0.25) is 0 Å². The van der Waals surface area contributed by atoms with Crippen LogP contribution in [0.5, 0.6) is 0 Å². The van der Waals surface area contributed by atoms with Crippen molar-refractivity contribution in [3.05, 3.63) is 66.4 Å². The predicted molar refractivity (Wildman–Crippen MR) is 53.5 cm³/mol. The molecular weight excluding hydrogens is 156 g/mol. The average molecular weight is 164 g/mol. The lowest BCUT2D eigenvalue weighted by Crippen LogP contribution is -1.68. The van der Waals surface area contributed by atoms with Gasteiger partial charge in [0, 0.05) is 5.56 Å². The molecule has 0 nitrogen and oxygen atoms in total. The van der Waals surface area contributed by atoms with E-state index in [0.717, 1.165) is 5.56 Å². The third-order valence-corrected chi connectivity index (χ3v) is 1.30. The van der Waals surface area contributed by atoms with Crippen molar-refractivity contribution in [2.75, 3.05) is 0 Å². The van der Waals surface area contributed by atoms with Crippen LogP contribution in [-0.2, 0) is 0 Å². The molecule has 0 atom stereocenters. The van der Waals surface area contributed by atoms with Gasteiger partial charge in [-0.05, 0) is 12.1 Å². The molecule has 0 saturated heterocycles. The highest BCUT2D eigenvalue weighted by molar-refractivity contribution is 5.35. The van der Waals surface area contributed by atoms with Gasteiger partial charge in [-0.15, -0.1) is 0 Å². The first-order valence-electron chi connectivity index (χ1n) is 3.84. The molecule has 13 heavy (non-hydrogen) atoms. The van der Waals surface area contributed by atoms with Gasteiger partial charge >= 0.3 is 0 Å². The maximum Gasteiger partial charge on any atom is 0.0227 e. The molecule has 0 fully saturated rings. The summed E-state index contributed by atoms with van der Waals surface area (Å²) >= 11 is 0. The standard InChI is InChI=1S/C13H8/c1-2-3-4-5-7-10-13-11-8-6-9-12-13/h4,6,8-9,11-12H,1H2/q-2. The molecule has 0 spiro atoms. The van der Waals surface area contributed by atoms with Crippen LogP contribution in [0.25, 0.3) is 0 Å². The molecule has 1 aromatic rings. The summed E-state index contributed by atoms with van der Waals surface area (Å²) < 4.78 is 0. The lowest BCUT2D eigenvalue weighted by Gasteiger charge is -1.88. The molecule has 0 N–H and O–H groups in total. The molecule has 0 amide bonds. The van der Waals surface area contributed by atoms with Gasteiger partial charge in [-0.2, -0.15) is 0 Å². The molecule has 0 heteroatoms. The van der Waals surface area contributed by atoms with E-state index >= 15 is 0 Å². The van der Waals surface area contributed by atoms with Crippen molar-refractivity contribution in [1.82, 2.24) is 0 Å². The molecule has 0 aromatic heterocycles. The summed E-state index contributed by atoms with van der Waals surface area (Å²) in [5, 5.41) is 0. The van der Waals surface area contributed by atoms with Crippen LogP contribution in [0, 0.1) is 24.0 Å². The van der Waals surface area contributed by atoms with Crippen LogP contribution in [0.4, 0.5) is 0 Å². The van der Waals surface area contributed by atoms with Gasteiger partial charge < -0.3 is 11.8 Å². The normalized spacial score (nSPS) is 8.62. The largest absolute Gasteiger partial charge is 0.405 e. The first-order chi connectivity index (χ1) is 6.43. The van der Waals surface area contributed by atoms with E-state index < -0.39 is 0 Å². The summed E-state index contributed by atoms with van der Waals surface area (Å²) in [7, 11) is 0. The van der Waals surface area contributed by atoms with E-state index in [2.05, 4.69) is 36.3 Å². The Labute approximate surface area is 78.9 Å². The van der Waals surface area contributed by atoms with Crippen molar-refractivity contribution in [2.24, 2.45) is 0 Å². The average Bonchev–Trinajstić information content (AvgIpc) is 2.19. The third-order valence-electron chi connectivity index (χ3n) is 1.30. The molecule has 0 aliphatic rings. The van der Waals surface area contributed by atoms with E-state index in [1.165, 1.54) is 0 Å². The fourth-order valence-corrected chi connectivity index (χ4v) is 0.753. The Morgan fingerprint density at radius 3 is 2.69 bits per heavy atom. The van der Waals surface area contributed by atoms with Crippen LogP contribution >= 0.6 is 0 Å². The second-order valence-electron chi connectivity index (χ2n) is 2.23. The van der Waals surface area contributed by atoms with Gasteiger partial charge in [0.1, 0.15) is 0 Å². The van der Waals surface area contributed by atoms with Crippen molar-refractivity contribution < 1.29 is 0 Å². The SMILES string of the molecule is C=C=[C-]C=[C-]C#Cc1ccccc1. The summed E-state index contributed by atoms with van der Waals surface area (Å²) in [4.78, 5) is 0. The molecule has 1 rings (SSSR count). The lowest BCUT2D eigenvalue weighted by molar-refractivity contribution is 1.65. The first kappa shape index (κ1) is 9.13. The van der Waals surface area contributed by atoms with Gasteiger partial charge in [0.05, 0.1) is 0 Å². The topological polar surface area (TPSA) is 0 Å². The minimum absolute atomic E-state index is 0.978. The van der Waals surface area contributed by atoms with Crippen LogP contribution in [0.15, 0.2) is 48.7 Å². The zero-order chi connectivity index (χ0) is 9.36. The second kappa shape index (κ2) is 5.66. The van der Waals surface area contributed by atoms with Gasteiger partial charge in [-0.1, -0.05) is 24.1 Å². The maximum absolute atomic E-state index is 3.36. The van der Waals surface area contributed by atoms with Crippen molar-refractivity contribution in [3.63, 3.8) is 0 Å². The second-order valence-corrected chi connectivity index (χ2v) is 2.23. The molecule has 0 heterocycles. The Kier molecular flexibility index (Phi) is 3.98.